The van der Waals surface area contributed by atoms with Gasteiger partial charge in [-0.3, -0.25) is 0 Å². The van der Waals surface area contributed by atoms with E-state index in [1.807, 2.05) is 26.0 Å². The lowest BCUT2D eigenvalue weighted by atomic mass is 10.1. The van der Waals surface area contributed by atoms with Gasteiger partial charge in [-0.15, -0.1) is 0 Å². The smallest absolute Gasteiger partial charge is 0.212 e. The van der Waals surface area contributed by atoms with E-state index in [9.17, 15) is 0 Å². The highest BCUT2D eigenvalue weighted by atomic mass is 35.5. The van der Waals surface area contributed by atoms with Crippen LogP contribution in [-0.2, 0) is 0 Å². The van der Waals surface area contributed by atoms with Crippen LogP contribution in [0, 0.1) is 5.92 Å². The monoisotopic (exact) mass is 224 g/mol. The third-order valence-corrected chi connectivity index (χ3v) is 2.68. The number of rotatable bonds is 2. The zero-order valence-electron chi connectivity index (χ0n) is 8.70. The van der Waals surface area contributed by atoms with Gasteiger partial charge in [-0.2, -0.15) is 0 Å². The zero-order valence-corrected chi connectivity index (χ0v) is 9.45. The Morgan fingerprint density at radius 3 is 2.73 bits per heavy atom. The van der Waals surface area contributed by atoms with E-state index in [2.05, 4.69) is 4.98 Å². The molecule has 2 rings (SSSR count). The summed E-state index contributed by atoms with van der Waals surface area (Å²) in [5, 5.41) is 0.571. The molecular weight excluding hydrogens is 212 g/mol. The van der Waals surface area contributed by atoms with E-state index in [0.29, 0.717) is 16.5 Å². The number of benzene rings is 1. The molecule has 0 bridgehead atoms. The highest BCUT2D eigenvalue weighted by molar-refractivity contribution is 6.34. The number of aromatic nitrogens is 1. The van der Waals surface area contributed by atoms with Crippen molar-refractivity contribution >= 4 is 22.7 Å². The predicted octanol–water partition coefficient (Wildman–Crippen LogP) is 3.14. The summed E-state index contributed by atoms with van der Waals surface area (Å²) in [5.74, 6) is 0.838. The van der Waals surface area contributed by atoms with Gasteiger partial charge in [-0.1, -0.05) is 31.5 Å². The number of hydrogen-bond donors (Lipinski definition) is 1. The summed E-state index contributed by atoms with van der Waals surface area (Å²) in [4.78, 5) is 4.32. The average Bonchev–Trinajstić information content (AvgIpc) is 2.61. The molecule has 0 aliphatic heterocycles. The third kappa shape index (κ3) is 1.85. The molecule has 2 N–H and O–H groups in total. The van der Waals surface area contributed by atoms with Gasteiger partial charge in [0.15, 0.2) is 5.58 Å². The molecule has 0 aliphatic rings. The predicted molar refractivity (Wildman–Crippen MR) is 60.8 cm³/mol. The molecule has 1 atom stereocenters. The SMILES string of the molecule is CC(C)[C@H](N)c1nc2cccc(Cl)c2o1. The van der Waals surface area contributed by atoms with E-state index in [4.69, 9.17) is 21.8 Å². The molecule has 0 unspecified atom stereocenters. The maximum absolute atomic E-state index is 5.98. The third-order valence-electron chi connectivity index (χ3n) is 2.39. The van der Waals surface area contributed by atoms with Gasteiger partial charge >= 0.3 is 0 Å². The van der Waals surface area contributed by atoms with Crippen molar-refractivity contribution in [3.63, 3.8) is 0 Å². The summed E-state index contributed by atoms with van der Waals surface area (Å²) in [7, 11) is 0. The summed E-state index contributed by atoms with van der Waals surface area (Å²) >= 11 is 5.98. The van der Waals surface area contributed by atoms with E-state index in [1.54, 1.807) is 6.07 Å². The Balaban J connectivity index is 2.52. The molecule has 1 heterocycles. The van der Waals surface area contributed by atoms with Gasteiger partial charge in [-0.05, 0) is 18.1 Å². The van der Waals surface area contributed by atoms with Crippen molar-refractivity contribution in [2.45, 2.75) is 19.9 Å². The van der Waals surface area contributed by atoms with E-state index < -0.39 is 0 Å². The van der Waals surface area contributed by atoms with Crippen LogP contribution in [0.1, 0.15) is 25.8 Å². The van der Waals surface area contributed by atoms with Gasteiger partial charge in [-0.25, -0.2) is 4.98 Å². The first-order valence-corrected chi connectivity index (χ1v) is 5.28. The standard InChI is InChI=1S/C11H13ClN2O/c1-6(2)9(13)11-14-8-5-3-4-7(12)10(8)15-11/h3-6,9H,13H2,1-2H3/t9-/m0/s1. The summed E-state index contributed by atoms with van der Waals surface area (Å²) < 4.78 is 5.55. The molecule has 2 aromatic rings. The van der Waals surface area contributed by atoms with Crippen LogP contribution in [0.2, 0.25) is 5.02 Å². The molecule has 0 saturated heterocycles. The van der Waals surface area contributed by atoms with Crippen LogP contribution in [0.3, 0.4) is 0 Å². The molecule has 1 aromatic carbocycles. The highest BCUT2D eigenvalue weighted by Gasteiger charge is 2.17. The molecule has 1 aromatic heterocycles. The van der Waals surface area contributed by atoms with Crippen molar-refractivity contribution in [1.82, 2.24) is 4.98 Å². The second-order valence-corrected chi connectivity index (χ2v) is 4.32. The number of oxazole rings is 1. The van der Waals surface area contributed by atoms with E-state index >= 15 is 0 Å². The minimum atomic E-state index is -0.187. The summed E-state index contributed by atoms with van der Waals surface area (Å²) in [6.07, 6.45) is 0. The average molecular weight is 225 g/mol. The van der Waals surface area contributed by atoms with Crippen LogP contribution >= 0.6 is 11.6 Å². The van der Waals surface area contributed by atoms with Crippen molar-refractivity contribution in [3.05, 3.63) is 29.1 Å². The molecule has 0 saturated carbocycles. The van der Waals surface area contributed by atoms with Gasteiger partial charge < -0.3 is 10.2 Å². The number of fused-ring (bicyclic) bond motifs is 1. The molecule has 4 heteroatoms. The highest BCUT2D eigenvalue weighted by Crippen LogP contribution is 2.27. The van der Waals surface area contributed by atoms with Crippen LogP contribution in [0.25, 0.3) is 11.1 Å². The lowest BCUT2D eigenvalue weighted by molar-refractivity contribution is 0.403. The van der Waals surface area contributed by atoms with E-state index in [-0.39, 0.29) is 12.0 Å². The lowest BCUT2D eigenvalue weighted by Gasteiger charge is -2.10. The second kappa shape index (κ2) is 3.83. The first-order chi connectivity index (χ1) is 7.09. The fourth-order valence-electron chi connectivity index (χ4n) is 1.36. The second-order valence-electron chi connectivity index (χ2n) is 3.91. The Hall–Kier alpha value is -1.06. The minimum absolute atomic E-state index is 0.187. The molecule has 15 heavy (non-hydrogen) atoms. The Morgan fingerprint density at radius 2 is 2.13 bits per heavy atom. The van der Waals surface area contributed by atoms with Crippen molar-refractivity contribution in [2.24, 2.45) is 11.7 Å². The Bertz CT molecular complexity index is 478. The molecule has 80 valence electrons. The van der Waals surface area contributed by atoms with Crippen LogP contribution in [0.5, 0.6) is 0 Å². The number of halogens is 1. The van der Waals surface area contributed by atoms with Gasteiger partial charge in [0.2, 0.25) is 5.89 Å². The van der Waals surface area contributed by atoms with Crippen molar-refractivity contribution in [3.8, 4) is 0 Å². The molecule has 3 nitrogen and oxygen atoms in total. The normalized spacial score (nSPS) is 13.7. The number of hydrogen-bond acceptors (Lipinski definition) is 3. The largest absolute Gasteiger partial charge is 0.437 e. The van der Waals surface area contributed by atoms with Crippen LogP contribution in [0.4, 0.5) is 0 Å². The van der Waals surface area contributed by atoms with Crippen LogP contribution in [-0.4, -0.2) is 4.98 Å². The quantitative estimate of drug-likeness (QED) is 0.853. The molecule has 0 spiro atoms. The molecule has 0 aliphatic carbocycles. The van der Waals surface area contributed by atoms with Gasteiger partial charge in [0.25, 0.3) is 0 Å². The lowest BCUT2D eigenvalue weighted by Crippen LogP contribution is -2.16. The minimum Gasteiger partial charge on any atom is -0.437 e. The van der Waals surface area contributed by atoms with Crippen LogP contribution < -0.4 is 5.73 Å². The molecule has 0 fully saturated rings. The van der Waals surface area contributed by atoms with Crippen molar-refractivity contribution < 1.29 is 4.42 Å². The maximum Gasteiger partial charge on any atom is 0.212 e. The van der Waals surface area contributed by atoms with Crippen LogP contribution in [0.15, 0.2) is 22.6 Å². The molecule has 0 radical (unpaired) electrons. The van der Waals surface area contributed by atoms with Gasteiger partial charge in [0, 0.05) is 0 Å². The summed E-state index contributed by atoms with van der Waals surface area (Å²) in [5.41, 5.74) is 7.33. The maximum atomic E-state index is 5.98. The summed E-state index contributed by atoms with van der Waals surface area (Å²) in [6, 6.07) is 5.30. The van der Waals surface area contributed by atoms with Crippen molar-refractivity contribution in [2.75, 3.05) is 0 Å². The first-order valence-electron chi connectivity index (χ1n) is 4.90. The zero-order chi connectivity index (χ0) is 11.0. The van der Waals surface area contributed by atoms with Gasteiger partial charge in [0.05, 0.1) is 11.1 Å². The van der Waals surface area contributed by atoms with Crippen molar-refractivity contribution in [1.29, 1.82) is 0 Å². The number of nitrogens with two attached hydrogens (primary N) is 1. The number of para-hydroxylation sites is 1. The fraction of sp³-hybridized carbons (Fsp3) is 0.364. The topological polar surface area (TPSA) is 52.0 Å². The molecule has 0 amide bonds. The Kier molecular flexibility index (Phi) is 2.67. The molecular formula is C11H13ClN2O. The number of nitrogens with zero attached hydrogens (tertiary/aromatic N) is 1. The van der Waals surface area contributed by atoms with E-state index in [1.165, 1.54) is 0 Å². The Labute approximate surface area is 93.2 Å². The first kappa shape index (κ1) is 10.5. The fourth-order valence-corrected chi connectivity index (χ4v) is 1.57. The Morgan fingerprint density at radius 1 is 1.40 bits per heavy atom. The van der Waals surface area contributed by atoms with E-state index in [0.717, 1.165) is 5.52 Å². The van der Waals surface area contributed by atoms with Gasteiger partial charge in [0.1, 0.15) is 5.52 Å². The summed E-state index contributed by atoms with van der Waals surface area (Å²) in [6.45, 7) is 4.06.